The van der Waals surface area contributed by atoms with Crippen LogP contribution in [0.2, 0.25) is 5.02 Å². The van der Waals surface area contributed by atoms with E-state index < -0.39 is 11.7 Å². The first kappa shape index (κ1) is 14.1. The highest BCUT2D eigenvalue weighted by Crippen LogP contribution is 2.38. The number of nitrogens with one attached hydrogen (secondary N) is 1. The van der Waals surface area contributed by atoms with Crippen molar-refractivity contribution in [3.05, 3.63) is 34.6 Å². The van der Waals surface area contributed by atoms with Crippen LogP contribution in [0.1, 0.15) is 36.0 Å². The highest BCUT2D eigenvalue weighted by atomic mass is 35.5. The number of rotatable bonds is 4. The molecule has 2 aromatic rings. The summed E-state index contributed by atoms with van der Waals surface area (Å²) in [7, 11) is 0. The Kier molecular flexibility index (Phi) is 3.48. The molecule has 2 aromatic heterocycles. The Morgan fingerprint density at radius 2 is 2.14 bits per heavy atom. The minimum Gasteiger partial charge on any atom is -0.360 e. The molecular formula is C12H10ClF3N4O. The maximum Gasteiger partial charge on any atom is 0.417 e. The first-order valence-electron chi connectivity index (χ1n) is 6.22. The van der Waals surface area contributed by atoms with Gasteiger partial charge in [0.05, 0.1) is 17.1 Å². The topological polar surface area (TPSA) is 63.8 Å². The van der Waals surface area contributed by atoms with Crippen LogP contribution in [-0.2, 0) is 12.7 Å². The number of pyridine rings is 1. The Bertz CT molecular complexity index is 654. The molecule has 0 aliphatic heterocycles. The Morgan fingerprint density at radius 1 is 1.38 bits per heavy atom. The fourth-order valence-electron chi connectivity index (χ4n) is 1.73. The molecule has 0 aromatic carbocycles. The van der Waals surface area contributed by atoms with E-state index in [2.05, 4.69) is 20.4 Å². The third-order valence-corrected chi connectivity index (χ3v) is 3.29. The summed E-state index contributed by atoms with van der Waals surface area (Å²) in [4.78, 5) is 7.84. The second-order valence-corrected chi connectivity index (χ2v) is 5.13. The van der Waals surface area contributed by atoms with E-state index in [1.807, 2.05) is 0 Å². The molecule has 1 aliphatic rings. The summed E-state index contributed by atoms with van der Waals surface area (Å²) in [5, 5.41) is 6.49. The summed E-state index contributed by atoms with van der Waals surface area (Å²) in [6.45, 7) is 0.151. The van der Waals surface area contributed by atoms with Gasteiger partial charge >= 0.3 is 6.18 Å². The van der Waals surface area contributed by atoms with Crippen LogP contribution in [0.5, 0.6) is 0 Å². The lowest BCUT2D eigenvalue weighted by atomic mass is 10.3. The van der Waals surface area contributed by atoms with Crippen LogP contribution < -0.4 is 5.32 Å². The largest absolute Gasteiger partial charge is 0.417 e. The molecule has 2 heterocycles. The Morgan fingerprint density at radius 3 is 2.76 bits per heavy atom. The molecule has 0 saturated heterocycles. The third kappa shape index (κ3) is 3.26. The van der Waals surface area contributed by atoms with Gasteiger partial charge in [-0.1, -0.05) is 16.8 Å². The normalized spacial score (nSPS) is 15.2. The Labute approximate surface area is 122 Å². The molecule has 0 radical (unpaired) electrons. The molecule has 0 unspecified atom stereocenters. The molecule has 1 saturated carbocycles. The average Bonchev–Trinajstić information content (AvgIpc) is 3.16. The van der Waals surface area contributed by atoms with E-state index in [0.717, 1.165) is 25.1 Å². The minimum absolute atomic E-state index is 0.119. The van der Waals surface area contributed by atoms with E-state index in [1.165, 1.54) is 0 Å². The number of anilines is 1. The van der Waals surface area contributed by atoms with Crippen molar-refractivity contribution in [1.29, 1.82) is 0 Å². The molecule has 21 heavy (non-hydrogen) atoms. The summed E-state index contributed by atoms with van der Waals surface area (Å²) in [5.41, 5.74) is -0.896. The van der Waals surface area contributed by atoms with Crippen molar-refractivity contribution in [3.63, 3.8) is 0 Å². The first-order chi connectivity index (χ1) is 9.93. The van der Waals surface area contributed by atoms with Crippen molar-refractivity contribution in [1.82, 2.24) is 15.1 Å². The van der Waals surface area contributed by atoms with E-state index >= 15 is 0 Å². The fraction of sp³-hybridized carbons (Fsp3) is 0.417. The number of hydrogen-bond donors (Lipinski definition) is 1. The van der Waals surface area contributed by atoms with Gasteiger partial charge in [-0.15, -0.1) is 0 Å². The van der Waals surface area contributed by atoms with Gasteiger partial charge in [-0.05, 0) is 18.9 Å². The van der Waals surface area contributed by atoms with Crippen LogP contribution in [0, 0.1) is 0 Å². The Hall–Kier alpha value is -1.83. The van der Waals surface area contributed by atoms with Crippen molar-refractivity contribution in [2.24, 2.45) is 0 Å². The quantitative estimate of drug-likeness (QED) is 0.932. The van der Waals surface area contributed by atoms with Crippen molar-refractivity contribution in [3.8, 4) is 0 Å². The predicted octanol–water partition coefficient (Wildman–Crippen LogP) is 3.63. The van der Waals surface area contributed by atoms with Crippen LogP contribution in [-0.4, -0.2) is 15.1 Å². The lowest BCUT2D eigenvalue weighted by Crippen LogP contribution is -2.08. The summed E-state index contributed by atoms with van der Waals surface area (Å²) in [5.74, 6) is 1.51. The van der Waals surface area contributed by atoms with Gasteiger partial charge in [-0.2, -0.15) is 18.2 Å². The molecule has 112 valence electrons. The molecule has 1 aliphatic carbocycles. The van der Waals surface area contributed by atoms with E-state index in [1.54, 1.807) is 0 Å². The molecule has 1 N–H and O–H groups in total. The van der Waals surface area contributed by atoms with Gasteiger partial charge in [0, 0.05) is 12.1 Å². The lowest BCUT2D eigenvalue weighted by molar-refractivity contribution is -0.137. The summed E-state index contributed by atoms with van der Waals surface area (Å²) in [6, 6.07) is 0.820. The van der Waals surface area contributed by atoms with Gasteiger partial charge in [0.25, 0.3) is 0 Å². The van der Waals surface area contributed by atoms with E-state index in [9.17, 15) is 13.2 Å². The fourth-order valence-corrected chi connectivity index (χ4v) is 1.96. The molecule has 5 nitrogen and oxygen atoms in total. The van der Waals surface area contributed by atoms with Crippen LogP contribution >= 0.6 is 11.6 Å². The summed E-state index contributed by atoms with van der Waals surface area (Å²) >= 11 is 5.78. The van der Waals surface area contributed by atoms with E-state index in [-0.39, 0.29) is 17.4 Å². The number of alkyl halides is 3. The molecule has 0 bridgehead atoms. The Balaban J connectivity index is 1.66. The molecule has 9 heteroatoms. The molecule has 1 fully saturated rings. The number of hydrogen-bond acceptors (Lipinski definition) is 5. The van der Waals surface area contributed by atoms with Crippen LogP contribution in [0.15, 0.2) is 16.8 Å². The van der Waals surface area contributed by atoms with Gasteiger partial charge < -0.3 is 9.84 Å². The van der Waals surface area contributed by atoms with E-state index in [4.69, 9.17) is 16.1 Å². The maximum atomic E-state index is 12.5. The minimum atomic E-state index is -4.47. The van der Waals surface area contributed by atoms with Gasteiger partial charge in [-0.3, -0.25) is 0 Å². The number of nitrogens with zero attached hydrogens (tertiary/aromatic N) is 3. The monoisotopic (exact) mass is 318 g/mol. The van der Waals surface area contributed by atoms with Gasteiger partial charge in [0.1, 0.15) is 5.82 Å². The van der Waals surface area contributed by atoms with Crippen LogP contribution in [0.3, 0.4) is 0 Å². The number of aromatic nitrogens is 3. The van der Waals surface area contributed by atoms with Crippen molar-refractivity contribution >= 4 is 17.4 Å². The zero-order chi connectivity index (χ0) is 15.0. The van der Waals surface area contributed by atoms with E-state index in [0.29, 0.717) is 17.6 Å². The third-order valence-electron chi connectivity index (χ3n) is 3.00. The smallest absolute Gasteiger partial charge is 0.360 e. The zero-order valence-corrected chi connectivity index (χ0v) is 11.4. The highest BCUT2D eigenvalue weighted by molar-refractivity contribution is 6.32. The second kappa shape index (κ2) is 5.18. The predicted molar refractivity (Wildman–Crippen MR) is 67.8 cm³/mol. The first-order valence-corrected chi connectivity index (χ1v) is 6.60. The van der Waals surface area contributed by atoms with Crippen LogP contribution in [0.25, 0.3) is 0 Å². The molecular weight excluding hydrogens is 309 g/mol. The summed E-state index contributed by atoms with van der Waals surface area (Å²) < 4.78 is 42.5. The van der Waals surface area contributed by atoms with Gasteiger partial charge in [0.2, 0.25) is 5.89 Å². The van der Waals surface area contributed by atoms with Crippen molar-refractivity contribution < 1.29 is 17.7 Å². The van der Waals surface area contributed by atoms with Crippen molar-refractivity contribution in [2.45, 2.75) is 31.5 Å². The van der Waals surface area contributed by atoms with Gasteiger partial charge in [0.15, 0.2) is 5.82 Å². The SMILES string of the molecule is FC(F)(F)c1cnc(NCc2nc(C3CC3)no2)c(Cl)c1. The summed E-state index contributed by atoms with van der Waals surface area (Å²) in [6.07, 6.45) is -1.64. The molecule has 3 rings (SSSR count). The maximum absolute atomic E-state index is 12.5. The zero-order valence-electron chi connectivity index (χ0n) is 10.6. The van der Waals surface area contributed by atoms with Crippen molar-refractivity contribution in [2.75, 3.05) is 5.32 Å². The molecule has 0 amide bonds. The highest BCUT2D eigenvalue weighted by Gasteiger charge is 2.31. The molecule has 0 atom stereocenters. The average molecular weight is 319 g/mol. The second-order valence-electron chi connectivity index (χ2n) is 4.73. The number of halogens is 4. The standard InChI is InChI=1S/C12H10ClF3N4O/c13-8-3-7(12(14,15)16)4-17-11(8)18-5-9-19-10(20-21-9)6-1-2-6/h3-4,6H,1-2,5H2,(H,17,18). The van der Waals surface area contributed by atoms with Gasteiger partial charge in [-0.25, -0.2) is 4.98 Å². The van der Waals surface area contributed by atoms with Crippen LogP contribution in [0.4, 0.5) is 19.0 Å². The molecule has 0 spiro atoms. The lowest BCUT2D eigenvalue weighted by Gasteiger charge is -2.09.